The standard InChI is InChI=1S/C9H12N6/c1-14(2)9-11-12-13-15(9)7-8-4-3-5-10-6-8/h3-6H,7H2,1-2H3. The van der Waals surface area contributed by atoms with Crippen molar-refractivity contribution in [2.45, 2.75) is 6.54 Å². The molecule has 0 radical (unpaired) electrons. The Labute approximate surface area is 87.5 Å². The van der Waals surface area contributed by atoms with Gasteiger partial charge in [0.1, 0.15) is 0 Å². The van der Waals surface area contributed by atoms with Gasteiger partial charge in [0.15, 0.2) is 0 Å². The maximum atomic E-state index is 4.04. The quantitative estimate of drug-likeness (QED) is 0.714. The number of rotatable bonds is 3. The summed E-state index contributed by atoms with van der Waals surface area (Å²) < 4.78 is 1.73. The molecule has 2 heterocycles. The average Bonchev–Trinajstić information content (AvgIpc) is 2.67. The summed E-state index contributed by atoms with van der Waals surface area (Å²) in [6, 6.07) is 3.89. The first-order valence-electron chi connectivity index (χ1n) is 4.60. The molecule has 0 aliphatic carbocycles. The van der Waals surface area contributed by atoms with E-state index in [9.17, 15) is 0 Å². The molecular weight excluding hydrogens is 192 g/mol. The Balaban J connectivity index is 2.21. The van der Waals surface area contributed by atoms with Gasteiger partial charge in [-0.1, -0.05) is 11.2 Å². The van der Waals surface area contributed by atoms with Crippen LogP contribution in [0, 0.1) is 0 Å². The van der Waals surface area contributed by atoms with Crippen LogP contribution in [-0.4, -0.2) is 39.3 Å². The third-order valence-corrected chi connectivity index (χ3v) is 1.97. The van der Waals surface area contributed by atoms with Crippen LogP contribution in [0.1, 0.15) is 5.56 Å². The van der Waals surface area contributed by atoms with Gasteiger partial charge in [-0.15, -0.1) is 0 Å². The fourth-order valence-corrected chi connectivity index (χ4v) is 1.29. The topological polar surface area (TPSA) is 59.7 Å². The molecule has 2 rings (SSSR count). The number of pyridine rings is 1. The van der Waals surface area contributed by atoms with Gasteiger partial charge in [-0.25, -0.2) is 4.68 Å². The highest BCUT2D eigenvalue weighted by atomic mass is 15.6. The van der Waals surface area contributed by atoms with Crippen LogP contribution in [-0.2, 0) is 6.54 Å². The molecule has 0 atom stereocenters. The monoisotopic (exact) mass is 204 g/mol. The zero-order chi connectivity index (χ0) is 10.7. The van der Waals surface area contributed by atoms with Crippen molar-refractivity contribution in [3.05, 3.63) is 30.1 Å². The average molecular weight is 204 g/mol. The highest BCUT2D eigenvalue weighted by Gasteiger charge is 2.07. The van der Waals surface area contributed by atoms with E-state index in [-0.39, 0.29) is 0 Å². The minimum absolute atomic E-state index is 0.633. The van der Waals surface area contributed by atoms with Crippen LogP contribution in [0.25, 0.3) is 0 Å². The Kier molecular flexibility index (Phi) is 2.57. The molecule has 6 nitrogen and oxygen atoms in total. The molecule has 0 fully saturated rings. The zero-order valence-corrected chi connectivity index (χ0v) is 8.70. The van der Waals surface area contributed by atoms with E-state index < -0.39 is 0 Å². The van der Waals surface area contributed by atoms with Crippen LogP contribution in [0.2, 0.25) is 0 Å². The summed E-state index contributed by atoms with van der Waals surface area (Å²) in [4.78, 5) is 5.92. The highest BCUT2D eigenvalue weighted by molar-refractivity contribution is 5.25. The van der Waals surface area contributed by atoms with Crippen molar-refractivity contribution in [3.63, 3.8) is 0 Å². The number of tetrazole rings is 1. The Hall–Kier alpha value is -1.98. The second-order valence-electron chi connectivity index (χ2n) is 3.39. The van der Waals surface area contributed by atoms with E-state index in [0.29, 0.717) is 6.54 Å². The van der Waals surface area contributed by atoms with Crippen LogP contribution < -0.4 is 4.90 Å². The lowest BCUT2D eigenvalue weighted by atomic mass is 10.3. The molecule has 15 heavy (non-hydrogen) atoms. The summed E-state index contributed by atoms with van der Waals surface area (Å²) >= 11 is 0. The molecule has 0 N–H and O–H groups in total. The van der Waals surface area contributed by atoms with Crippen LogP contribution in [0.15, 0.2) is 24.5 Å². The summed E-state index contributed by atoms with van der Waals surface area (Å²) in [5.41, 5.74) is 1.08. The number of hydrogen-bond donors (Lipinski definition) is 0. The molecule has 0 spiro atoms. The van der Waals surface area contributed by atoms with Crippen molar-refractivity contribution in [1.29, 1.82) is 0 Å². The number of nitrogens with zero attached hydrogens (tertiary/aromatic N) is 6. The van der Waals surface area contributed by atoms with Gasteiger partial charge < -0.3 is 4.90 Å². The fraction of sp³-hybridized carbons (Fsp3) is 0.333. The Morgan fingerprint density at radius 3 is 2.93 bits per heavy atom. The summed E-state index contributed by atoms with van der Waals surface area (Å²) in [5, 5.41) is 11.5. The second-order valence-corrected chi connectivity index (χ2v) is 3.39. The lowest BCUT2D eigenvalue weighted by Crippen LogP contribution is -2.16. The molecule has 2 aromatic rings. The van der Waals surface area contributed by atoms with Gasteiger partial charge in [0.05, 0.1) is 6.54 Å². The fourth-order valence-electron chi connectivity index (χ4n) is 1.29. The Bertz CT molecular complexity index is 421. The van der Waals surface area contributed by atoms with Gasteiger partial charge in [-0.3, -0.25) is 4.98 Å². The molecule has 78 valence electrons. The molecule has 6 heteroatoms. The van der Waals surface area contributed by atoms with Crippen molar-refractivity contribution < 1.29 is 0 Å². The molecule has 0 unspecified atom stereocenters. The second kappa shape index (κ2) is 4.04. The summed E-state index contributed by atoms with van der Waals surface area (Å²) in [6.07, 6.45) is 3.55. The molecular formula is C9H12N6. The first kappa shape index (κ1) is 9.57. The minimum atomic E-state index is 0.633. The summed E-state index contributed by atoms with van der Waals surface area (Å²) in [7, 11) is 3.82. The maximum absolute atomic E-state index is 4.04. The van der Waals surface area contributed by atoms with Crippen LogP contribution >= 0.6 is 0 Å². The normalized spacial score (nSPS) is 10.3. The van der Waals surface area contributed by atoms with E-state index in [1.54, 1.807) is 17.1 Å². The predicted molar refractivity (Wildman–Crippen MR) is 55.5 cm³/mol. The lowest BCUT2D eigenvalue weighted by molar-refractivity contribution is 0.643. The number of aromatic nitrogens is 5. The van der Waals surface area contributed by atoms with E-state index in [2.05, 4.69) is 20.5 Å². The largest absolute Gasteiger partial charge is 0.346 e. The smallest absolute Gasteiger partial charge is 0.245 e. The SMILES string of the molecule is CN(C)c1nnnn1Cc1cccnc1. The van der Waals surface area contributed by atoms with E-state index in [1.807, 2.05) is 31.1 Å². The minimum Gasteiger partial charge on any atom is -0.346 e. The highest BCUT2D eigenvalue weighted by Crippen LogP contribution is 2.06. The Morgan fingerprint density at radius 2 is 2.27 bits per heavy atom. The Morgan fingerprint density at radius 1 is 1.40 bits per heavy atom. The van der Waals surface area contributed by atoms with E-state index >= 15 is 0 Å². The van der Waals surface area contributed by atoms with Crippen LogP contribution in [0.4, 0.5) is 5.95 Å². The van der Waals surface area contributed by atoms with Gasteiger partial charge >= 0.3 is 0 Å². The first-order valence-corrected chi connectivity index (χ1v) is 4.60. The molecule has 0 bridgehead atoms. The van der Waals surface area contributed by atoms with E-state index in [1.165, 1.54) is 0 Å². The number of hydrogen-bond acceptors (Lipinski definition) is 5. The molecule has 0 aromatic carbocycles. The maximum Gasteiger partial charge on any atom is 0.245 e. The van der Waals surface area contributed by atoms with Crippen molar-refractivity contribution in [1.82, 2.24) is 25.2 Å². The van der Waals surface area contributed by atoms with Gasteiger partial charge in [-0.05, 0) is 22.1 Å². The summed E-state index contributed by atoms with van der Waals surface area (Å²) in [6.45, 7) is 0.633. The zero-order valence-electron chi connectivity index (χ0n) is 8.70. The van der Waals surface area contributed by atoms with Gasteiger partial charge in [0, 0.05) is 26.5 Å². The van der Waals surface area contributed by atoms with Crippen molar-refractivity contribution in [2.75, 3.05) is 19.0 Å². The van der Waals surface area contributed by atoms with Gasteiger partial charge in [0.25, 0.3) is 0 Å². The molecule has 0 aliphatic heterocycles. The lowest BCUT2D eigenvalue weighted by Gasteiger charge is -2.10. The van der Waals surface area contributed by atoms with Crippen LogP contribution in [0.5, 0.6) is 0 Å². The first-order chi connectivity index (χ1) is 7.27. The van der Waals surface area contributed by atoms with Crippen molar-refractivity contribution in [2.24, 2.45) is 0 Å². The number of anilines is 1. The summed E-state index contributed by atoms with van der Waals surface area (Å²) in [5.74, 6) is 0.735. The van der Waals surface area contributed by atoms with E-state index in [0.717, 1.165) is 11.5 Å². The van der Waals surface area contributed by atoms with Gasteiger partial charge in [0.2, 0.25) is 5.95 Å². The molecule has 0 saturated carbocycles. The third-order valence-electron chi connectivity index (χ3n) is 1.97. The van der Waals surface area contributed by atoms with Crippen molar-refractivity contribution in [3.8, 4) is 0 Å². The molecule has 0 saturated heterocycles. The molecule has 0 amide bonds. The van der Waals surface area contributed by atoms with Crippen LogP contribution in [0.3, 0.4) is 0 Å². The van der Waals surface area contributed by atoms with Crippen molar-refractivity contribution >= 4 is 5.95 Å². The molecule has 0 aliphatic rings. The van der Waals surface area contributed by atoms with E-state index in [4.69, 9.17) is 0 Å². The molecule has 2 aromatic heterocycles. The third kappa shape index (κ3) is 2.09. The predicted octanol–water partition coefficient (Wildman–Crippen LogP) is 0.182. The van der Waals surface area contributed by atoms with Gasteiger partial charge in [-0.2, -0.15) is 0 Å².